The molecule has 0 aromatic carbocycles. The predicted molar refractivity (Wildman–Crippen MR) is 52.3 cm³/mol. The summed E-state index contributed by atoms with van der Waals surface area (Å²) in [5.41, 5.74) is 0. The molecule has 2 bridgehead atoms. The van der Waals surface area contributed by atoms with E-state index in [9.17, 15) is 18.4 Å². The zero-order chi connectivity index (χ0) is 12.4. The van der Waals surface area contributed by atoms with Crippen LogP contribution >= 0.6 is 0 Å². The second kappa shape index (κ2) is 4.98. The van der Waals surface area contributed by atoms with Crippen LogP contribution in [0.25, 0.3) is 0 Å². The number of hydrogen-bond donors (Lipinski definition) is 0. The highest BCUT2D eigenvalue weighted by Gasteiger charge is 2.41. The number of fused-ring (bicyclic) bond motifs is 2. The van der Waals surface area contributed by atoms with E-state index in [4.69, 9.17) is 4.74 Å². The first-order chi connectivity index (χ1) is 8.06. The smallest absolute Gasteiger partial charge is 0.374 e. The van der Waals surface area contributed by atoms with Crippen LogP contribution in [0.3, 0.4) is 0 Å². The maximum absolute atomic E-state index is 11.8. The maximum atomic E-state index is 11.8. The summed E-state index contributed by atoms with van der Waals surface area (Å²) in [5, 5.41) is 0. The fourth-order valence-corrected chi connectivity index (χ4v) is 2.73. The Labute approximate surface area is 97.3 Å². The van der Waals surface area contributed by atoms with Crippen molar-refractivity contribution in [2.45, 2.75) is 38.2 Å². The highest BCUT2D eigenvalue weighted by Crippen LogP contribution is 2.45. The molecule has 0 aromatic heterocycles. The van der Waals surface area contributed by atoms with E-state index >= 15 is 0 Å². The molecule has 96 valence electrons. The van der Waals surface area contributed by atoms with E-state index in [-0.39, 0.29) is 6.10 Å². The molecule has 0 aromatic rings. The van der Waals surface area contributed by atoms with Crippen molar-refractivity contribution in [3.63, 3.8) is 0 Å². The minimum atomic E-state index is -3.20. The Morgan fingerprint density at radius 1 is 1.24 bits per heavy atom. The standard InChI is InChI=1S/C11H14F2O4/c12-10(13)11(15)16-5-9(14)17-8-4-6-1-2-7(8)3-6/h6-8,10H,1-5H2. The van der Waals surface area contributed by atoms with Gasteiger partial charge in [0.25, 0.3) is 0 Å². The molecule has 2 fully saturated rings. The fourth-order valence-electron chi connectivity index (χ4n) is 2.73. The lowest BCUT2D eigenvalue weighted by atomic mass is 9.98. The van der Waals surface area contributed by atoms with Crippen LogP contribution in [0, 0.1) is 11.8 Å². The molecule has 0 saturated heterocycles. The van der Waals surface area contributed by atoms with Crippen molar-refractivity contribution in [1.29, 1.82) is 0 Å². The second-order valence-corrected chi connectivity index (χ2v) is 4.61. The number of carbonyl (C=O) groups is 2. The summed E-state index contributed by atoms with van der Waals surface area (Å²) in [6, 6.07) is 0. The first-order valence-electron chi connectivity index (χ1n) is 5.70. The monoisotopic (exact) mass is 248 g/mol. The van der Waals surface area contributed by atoms with Crippen molar-refractivity contribution in [1.82, 2.24) is 0 Å². The second-order valence-electron chi connectivity index (χ2n) is 4.61. The number of halogens is 2. The zero-order valence-electron chi connectivity index (χ0n) is 9.23. The third-order valence-electron chi connectivity index (χ3n) is 3.47. The summed E-state index contributed by atoms with van der Waals surface area (Å²) >= 11 is 0. The van der Waals surface area contributed by atoms with Crippen LogP contribution in [0.5, 0.6) is 0 Å². The van der Waals surface area contributed by atoms with Gasteiger partial charge in [0.2, 0.25) is 0 Å². The van der Waals surface area contributed by atoms with E-state index in [2.05, 4.69) is 4.74 Å². The van der Waals surface area contributed by atoms with Crippen molar-refractivity contribution in [2.24, 2.45) is 11.8 Å². The first-order valence-corrected chi connectivity index (χ1v) is 5.70. The number of alkyl halides is 2. The molecule has 2 aliphatic carbocycles. The molecular weight excluding hydrogens is 234 g/mol. The van der Waals surface area contributed by atoms with Crippen molar-refractivity contribution >= 4 is 11.9 Å². The van der Waals surface area contributed by atoms with E-state index in [0.717, 1.165) is 19.3 Å². The Balaban J connectivity index is 1.69. The quantitative estimate of drug-likeness (QED) is 0.708. The van der Waals surface area contributed by atoms with E-state index < -0.39 is 25.0 Å². The van der Waals surface area contributed by atoms with Gasteiger partial charge in [-0.2, -0.15) is 8.78 Å². The molecule has 0 radical (unpaired) electrons. The van der Waals surface area contributed by atoms with Gasteiger partial charge in [0, 0.05) is 0 Å². The van der Waals surface area contributed by atoms with E-state index in [1.165, 1.54) is 6.42 Å². The van der Waals surface area contributed by atoms with Crippen LogP contribution in [0.4, 0.5) is 8.78 Å². The van der Waals surface area contributed by atoms with Gasteiger partial charge in [-0.3, -0.25) is 0 Å². The van der Waals surface area contributed by atoms with Gasteiger partial charge in [0.15, 0.2) is 6.61 Å². The van der Waals surface area contributed by atoms with Crippen molar-refractivity contribution < 1.29 is 27.8 Å². The largest absolute Gasteiger partial charge is 0.460 e. The van der Waals surface area contributed by atoms with Crippen molar-refractivity contribution in [3.8, 4) is 0 Å². The molecule has 0 aliphatic heterocycles. The average molecular weight is 248 g/mol. The zero-order valence-corrected chi connectivity index (χ0v) is 9.23. The summed E-state index contributed by atoms with van der Waals surface area (Å²) in [4.78, 5) is 21.7. The minimum Gasteiger partial charge on any atom is -0.460 e. The Morgan fingerprint density at radius 3 is 2.53 bits per heavy atom. The third kappa shape index (κ3) is 2.92. The molecule has 4 nitrogen and oxygen atoms in total. The lowest BCUT2D eigenvalue weighted by Crippen LogP contribution is -2.28. The van der Waals surface area contributed by atoms with Gasteiger partial charge in [-0.25, -0.2) is 9.59 Å². The fraction of sp³-hybridized carbons (Fsp3) is 0.818. The van der Waals surface area contributed by atoms with Crippen LogP contribution in [0.2, 0.25) is 0 Å². The summed E-state index contributed by atoms with van der Waals surface area (Å²) in [6.07, 6.45) is 0.837. The summed E-state index contributed by atoms with van der Waals surface area (Å²) in [5.74, 6) is -1.40. The van der Waals surface area contributed by atoms with Gasteiger partial charge < -0.3 is 9.47 Å². The number of hydrogen-bond acceptors (Lipinski definition) is 4. The predicted octanol–water partition coefficient (Wildman–Crippen LogP) is 1.53. The molecule has 0 heterocycles. The van der Waals surface area contributed by atoms with Crippen LogP contribution in [-0.2, 0) is 19.1 Å². The Morgan fingerprint density at radius 2 is 2.00 bits per heavy atom. The number of rotatable bonds is 4. The van der Waals surface area contributed by atoms with Gasteiger partial charge in [-0.05, 0) is 37.5 Å². The van der Waals surface area contributed by atoms with Gasteiger partial charge in [-0.1, -0.05) is 0 Å². The van der Waals surface area contributed by atoms with Crippen LogP contribution in [0.15, 0.2) is 0 Å². The molecule has 0 spiro atoms. The van der Waals surface area contributed by atoms with E-state index in [0.29, 0.717) is 11.8 Å². The molecule has 0 amide bonds. The SMILES string of the molecule is O=C(COC(=O)C(F)F)OC1CC2CCC1C2. The number of esters is 2. The van der Waals surface area contributed by atoms with Crippen LogP contribution in [-0.4, -0.2) is 31.1 Å². The van der Waals surface area contributed by atoms with Gasteiger partial charge in [0.05, 0.1) is 0 Å². The molecule has 3 atom stereocenters. The molecule has 2 saturated carbocycles. The normalized spacial score (nSPS) is 30.6. The summed E-state index contributed by atoms with van der Waals surface area (Å²) in [6.45, 7) is -0.725. The Hall–Kier alpha value is -1.20. The maximum Gasteiger partial charge on any atom is 0.374 e. The molecule has 3 unspecified atom stereocenters. The lowest BCUT2D eigenvalue weighted by molar-refractivity contribution is -0.169. The number of carbonyl (C=O) groups excluding carboxylic acids is 2. The molecule has 0 N–H and O–H groups in total. The van der Waals surface area contributed by atoms with Gasteiger partial charge in [0.1, 0.15) is 6.10 Å². The third-order valence-corrected chi connectivity index (χ3v) is 3.47. The van der Waals surface area contributed by atoms with E-state index in [1.54, 1.807) is 0 Å². The lowest BCUT2D eigenvalue weighted by Gasteiger charge is -2.21. The minimum absolute atomic E-state index is 0.119. The molecule has 6 heteroatoms. The van der Waals surface area contributed by atoms with Gasteiger partial charge >= 0.3 is 18.4 Å². The molecule has 2 aliphatic rings. The van der Waals surface area contributed by atoms with E-state index in [1.807, 2.05) is 0 Å². The number of ether oxygens (including phenoxy) is 2. The Kier molecular flexibility index (Phi) is 3.59. The Bertz CT molecular complexity index is 319. The average Bonchev–Trinajstić information content (AvgIpc) is 2.87. The topological polar surface area (TPSA) is 52.6 Å². The molecule has 17 heavy (non-hydrogen) atoms. The van der Waals surface area contributed by atoms with Crippen LogP contribution in [0.1, 0.15) is 25.7 Å². The highest BCUT2D eigenvalue weighted by molar-refractivity contribution is 5.78. The highest BCUT2D eigenvalue weighted by atomic mass is 19.3. The summed E-state index contributed by atoms with van der Waals surface area (Å²) in [7, 11) is 0. The van der Waals surface area contributed by atoms with Crippen LogP contribution < -0.4 is 0 Å². The van der Waals surface area contributed by atoms with Crippen molar-refractivity contribution in [2.75, 3.05) is 6.61 Å². The van der Waals surface area contributed by atoms with Crippen molar-refractivity contribution in [3.05, 3.63) is 0 Å². The summed E-state index contributed by atoms with van der Waals surface area (Å²) < 4.78 is 32.8. The first kappa shape index (κ1) is 12.3. The van der Waals surface area contributed by atoms with Gasteiger partial charge in [-0.15, -0.1) is 0 Å². The molecule has 2 rings (SSSR count). The molecular formula is C11H14F2O4.